The molecule has 0 aliphatic rings. The van der Waals surface area contributed by atoms with Crippen LogP contribution < -0.4 is 5.32 Å². The molecule has 1 N–H and O–H groups in total. The average Bonchev–Trinajstić information content (AvgIpc) is 2.45. The van der Waals surface area contributed by atoms with Gasteiger partial charge in [-0.2, -0.15) is 0 Å². The van der Waals surface area contributed by atoms with Gasteiger partial charge in [-0.3, -0.25) is 4.79 Å². The molecule has 1 heterocycles. The van der Waals surface area contributed by atoms with E-state index in [0.717, 1.165) is 11.3 Å². The molecule has 2 aromatic rings. The summed E-state index contributed by atoms with van der Waals surface area (Å²) in [4.78, 5) is 20.1. The van der Waals surface area contributed by atoms with Crippen molar-refractivity contribution < 1.29 is 4.79 Å². The Kier molecular flexibility index (Phi) is 5.12. The van der Waals surface area contributed by atoms with E-state index in [1.807, 2.05) is 32.0 Å². The van der Waals surface area contributed by atoms with E-state index in [1.165, 1.54) is 17.3 Å². The highest BCUT2D eigenvalue weighted by Crippen LogP contribution is 2.19. The van der Waals surface area contributed by atoms with Crippen molar-refractivity contribution in [3.8, 4) is 0 Å². The summed E-state index contributed by atoms with van der Waals surface area (Å²) >= 11 is 1.48. The third-order valence-electron chi connectivity index (χ3n) is 2.98. The number of hydrogen-bond acceptors (Lipinski definition) is 4. The van der Waals surface area contributed by atoms with Crippen LogP contribution in [-0.4, -0.2) is 21.6 Å². The molecule has 0 unspecified atom stereocenters. The van der Waals surface area contributed by atoms with Gasteiger partial charge in [0.2, 0.25) is 5.91 Å². The summed E-state index contributed by atoms with van der Waals surface area (Å²) in [7, 11) is 0. The van der Waals surface area contributed by atoms with Gasteiger partial charge in [-0.25, -0.2) is 9.97 Å². The minimum absolute atomic E-state index is 0.0159. The Labute approximate surface area is 123 Å². The molecule has 0 bridgehead atoms. The summed E-state index contributed by atoms with van der Waals surface area (Å²) < 4.78 is 0. The summed E-state index contributed by atoms with van der Waals surface area (Å²) in [5, 5.41) is 3.65. The lowest BCUT2D eigenvalue weighted by molar-refractivity contribution is -0.115. The van der Waals surface area contributed by atoms with Crippen LogP contribution in [0.25, 0.3) is 0 Å². The van der Waals surface area contributed by atoms with E-state index in [9.17, 15) is 4.79 Å². The molecule has 0 saturated heterocycles. The summed E-state index contributed by atoms with van der Waals surface area (Å²) in [5.74, 6) is 0.683. The lowest BCUT2D eigenvalue weighted by atomic mass is 10.1. The largest absolute Gasteiger partial charge is 0.326 e. The number of carbonyl (C=O) groups excluding carboxylic acids is 1. The molecule has 20 heavy (non-hydrogen) atoms. The van der Waals surface area contributed by atoms with Gasteiger partial charge in [0.1, 0.15) is 0 Å². The van der Waals surface area contributed by atoms with Gasteiger partial charge in [0.25, 0.3) is 0 Å². The Morgan fingerprint density at radius 2 is 1.95 bits per heavy atom. The van der Waals surface area contributed by atoms with Crippen molar-refractivity contribution in [2.45, 2.75) is 25.4 Å². The quantitative estimate of drug-likeness (QED) is 0.677. The number of nitrogens with one attached hydrogen (secondary N) is 1. The molecule has 1 aromatic carbocycles. The van der Waals surface area contributed by atoms with Gasteiger partial charge in [-0.05, 0) is 37.1 Å². The Morgan fingerprint density at radius 3 is 2.70 bits per heavy atom. The first-order chi connectivity index (χ1) is 9.66. The Balaban J connectivity index is 1.82. The highest BCUT2D eigenvalue weighted by atomic mass is 32.2. The lowest BCUT2D eigenvalue weighted by Crippen LogP contribution is -2.13. The number of thioether (sulfide) groups is 1. The van der Waals surface area contributed by atoms with E-state index in [4.69, 9.17) is 0 Å². The van der Waals surface area contributed by atoms with Crippen LogP contribution in [0.3, 0.4) is 0 Å². The maximum absolute atomic E-state index is 11.9. The first-order valence-corrected chi connectivity index (χ1v) is 7.41. The maximum Gasteiger partial charge on any atom is 0.225 e. The number of benzene rings is 1. The van der Waals surface area contributed by atoms with Gasteiger partial charge < -0.3 is 5.32 Å². The zero-order valence-electron chi connectivity index (χ0n) is 11.6. The fourth-order valence-corrected chi connectivity index (χ4v) is 2.43. The first kappa shape index (κ1) is 14.5. The molecular weight excluding hydrogens is 270 g/mol. The highest BCUT2D eigenvalue weighted by Gasteiger charge is 2.06. The van der Waals surface area contributed by atoms with E-state index in [1.54, 1.807) is 18.5 Å². The Bertz CT molecular complexity index is 587. The highest BCUT2D eigenvalue weighted by molar-refractivity contribution is 7.99. The van der Waals surface area contributed by atoms with Gasteiger partial charge in [-0.1, -0.05) is 23.9 Å². The fraction of sp³-hybridized carbons (Fsp3) is 0.267. The topological polar surface area (TPSA) is 54.9 Å². The van der Waals surface area contributed by atoms with Gasteiger partial charge in [0, 0.05) is 30.3 Å². The van der Waals surface area contributed by atoms with Crippen LogP contribution in [0.1, 0.15) is 17.5 Å². The van der Waals surface area contributed by atoms with Crippen molar-refractivity contribution in [2.24, 2.45) is 0 Å². The monoisotopic (exact) mass is 287 g/mol. The number of carbonyl (C=O) groups is 1. The Morgan fingerprint density at radius 1 is 1.20 bits per heavy atom. The molecule has 104 valence electrons. The van der Waals surface area contributed by atoms with Crippen LogP contribution in [0, 0.1) is 13.8 Å². The molecular formula is C15H17N3OS. The van der Waals surface area contributed by atoms with Crippen molar-refractivity contribution in [1.29, 1.82) is 0 Å². The number of amides is 1. The van der Waals surface area contributed by atoms with Gasteiger partial charge in [-0.15, -0.1) is 0 Å². The molecule has 0 atom stereocenters. The van der Waals surface area contributed by atoms with Crippen molar-refractivity contribution in [1.82, 2.24) is 9.97 Å². The summed E-state index contributed by atoms with van der Waals surface area (Å²) in [6, 6.07) is 7.68. The average molecular weight is 287 g/mol. The van der Waals surface area contributed by atoms with E-state index in [-0.39, 0.29) is 5.91 Å². The second-order valence-corrected chi connectivity index (χ2v) is 5.49. The molecule has 4 nitrogen and oxygen atoms in total. The third kappa shape index (κ3) is 4.06. The normalized spacial score (nSPS) is 10.3. The zero-order valence-corrected chi connectivity index (χ0v) is 12.4. The lowest BCUT2D eigenvalue weighted by Gasteiger charge is -2.10. The minimum atomic E-state index is 0.0159. The SMILES string of the molecule is Cc1cccc(NC(=O)CCSc2ncccn2)c1C. The summed E-state index contributed by atoms with van der Waals surface area (Å²) in [5.41, 5.74) is 3.17. The second kappa shape index (κ2) is 7.05. The molecule has 0 aliphatic carbocycles. The van der Waals surface area contributed by atoms with Crippen molar-refractivity contribution in [3.63, 3.8) is 0 Å². The molecule has 1 aromatic heterocycles. The number of rotatable bonds is 5. The minimum Gasteiger partial charge on any atom is -0.326 e. The maximum atomic E-state index is 11.9. The number of aromatic nitrogens is 2. The van der Waals surface area contributed by atoms with Crippen LogP contribution in [0.15, 0.2) is 41.8 Å². The fourth-order valence-electron chi connectivity index (χ4n) is 1.69. The van der Waals surface area contributed by atoms with Gasteiger partial charge in [0.15, 0.2) is 5.16 Å². The summed E-state index contributed by atoms with van der Waals surface area (Å²) in [6.07, 6.45) is 3.84. The number of anilines is 1. The summed E-state index contributed by atoms with van der Waals surface area (Å²) in [6.45, 7) is 4.05. The first-order valence-electron chi connectivity index (χ1n) is 6.42. The van der Waals surface area contributed by atoms with E-state index in [2.05, 4.69) is 15.3 Å². The third-order valence-corrected chi connectivity index (χ3v) is 3.86. The van der Waals surface area contributed by atoms with E-state index < -0.39 is 0 Å². The molecule has 0 spiro atoms. The van der Waals surface area contributed by atoms with Crippen LogP contribution in [0.2, 0.25) is 0 Å². The Hall–Kier alpha value is -1.88. The molecule has 0 fully saturated rings. The second-order valence-electron chi connectivity index (χ2n) is 4.43. The van der Waals surface area contributed by atoms with Crippen molar-refractivity contribution >= 4 is 23.4 Å². The zero-order chi connectivity index (χ0) is 14.4. The van der Waals surface area contributed by atoms with E-state index in [0.29, 0.717) is 17.3 Å². The number of aryl methyl sites for hydroxylation is 1. The number of hydrogen-bond donors (Lipinski definition) is 1. The smallest absolute Gasteiger partial charge is 0.225 e. The van der Waals surface area contributed by atoms with E-state index >= 15 is 0 Å². The molecule has 0 saturated carbocycles. The molecule has 0 radical (unpaired) electrons. The van der Waals surface area contributed by atoms with Crippen LogP contribution in [0.5, 0.6) is 0 Å². The molecule has 2 rings (SSSR count). The standard InChI is InChI=1S/C15H17N3OS/c1-11-5-3-6-13(12(11)2)18-14(19)7-10-20-15-16-8-4-9-17-15/h3-6,8-9H,7,10H2,1-2H3,(H,18,19). The van der Waals surface area contributed by atoms with Crippen molar-refractivity contribution in [3.05, 3.63) is 47.8 Å². The van der Waals surface area contributed by atoms with Gasteiger partial charge in [0.05, 0.1) is 0 Å². The molecule has 1 amide bonds. The predicted molar refractivity (Wildman–Crippen MR) is 81.9 cm³/mol. The van der Waals surface area contributed by atoms with Crippen LogP contribution in [0.4, 0.5) is 5.69 Å². The number of nitrogens with zero attached hydrogens (tertiary/aromatic N) is 2. The van der Waals surface area contributed by atoms with Crippen molar-refractivity contribution in [2.75, 3.05) is 11.1 Å². The van der Waals surface area contributed by atoms with Crippen LogP contribution >= 0.6 is 11.8 Å². The molecule has 0 aliphatic heterocycles. The predicted octanol–water partition coefficient (Wildman–Crippen LogP) is 3.21. The van der Waals surface area contributed by atoms with Gasteiger partial charge >= 0.3 is 0 Å². The van der Waals surface area contributed by atoms with Crippen LogP contribution in [-0.2, 0) is 4.79 Å². The molecule has 5 heteroatoms.